The smallest absolute Gasteiger partial charge is 0.250 e. The second kappa shape index (κ2) is 11.7. The summed E-state index contributed by atoms with van der Waals surface area (Å²) in [5, 5.41) is 5.64. The summed E-state index contributed by atoms with van der Waals surface area (Å²) in [6, 6.07) is 12.8. The Morgan fingerprint density at radius 2 is 1.84 bits per heavy atom. The summed E-state index contributed by atoms with van der Waals surface area (Å²) < 4.78 is 6.51. The molecule has 0 saturated carbocycles. The number of thioether (sulfide) groups is 1. The summed E-state index contributed by atoms with van der Waals surface area (Å²) in [4.78, 5) is 20.6. The van der Waals surface area contributed by atoms with Gasteiger partial charge < -0.3 is 4.74 Å². The van der Waals surface area contributed by atoms with Crippen LogP contribution >= 0.6 is 50.9 Å². The molecular formula is C22H19BrCl2N4O2S. The first-order valence-corrected chi connectivity index (χ1v) is 12.0. The number of halogens is 3. The molecule has 3 rings (SSSR count). The Morgan fingerprint density at radius 1 is 1.16 bits per heavy atom. The van der Waals surface area contributed by atoms with E-state index in [4.69, 9.17) is 27.9 Å². The van der Waals surface area contributed by atoms with E-state index < -0.39 is 0 Å². The second-order valence-electron chi connectivity index (χ2n) is 6.74. The molecule has 166 valence electrons. The Kier molecular flexibility index (Phi) is 8.92. The van der Waals surface area contributed by atoms with Crippen LogP contribution in [0.3, 0.4) is 0 Å². The number of rotatable bonds is 8. The molecule has 32 heavy (non-hydrogen) atoms. The molecule has 0 aliphatic rings. The van der Waals surface area contributed by atoms with Crippen LogP contribution in [-0.4, -0.2) is 27.8 Å². The fraction of sp³-hybridized carbons (Fsp3) is 0.182. The van der Waals surface area contributed by atoms with Crippen LogP contribution in [0.5, 0.6) is 5.75 Å². The second-order valence-corrected chi connectivity index (χ2v) is 9.38. The lowest BCUT2D eigenvalue weighted by Crippen LogP contribution is -2.19. The molecule has 0 spiro atoms. The minimum absolute atomic E-state index is 0.155. The zero-order valence-corrected chi connectivity index (χ0v) is 21.1. The summed E-state index contributed by atoms with van der Waals surface area (Å²) in [6.45, 7) is 4.13. The van der Waals surface area contributed by atoms with Crippen molar-refractivity contribution in [3.8, 4) is 5.75 Å². The van der Waals surface area contributed by atoms with Crippen molar-refractivity contribution in [2.75, 3.05) is 5.75 Å². The number of hydrogen-bond donors (Lipinski definition) is 1. The number of benzene rings is 2. The van der Waals surface area contributed by atoms with Crippen molar-refractivity contribution in [3.63, 3.8) is 0 Å². The Hall–Kier alpha value is -2.13. The van der Waals surface area contributed by atoms with E-state index in [1.807, 2.05) is 32.0 Å². The van der Waals surface area contributed by atoms with E-state index in [-0.39, 0.29) is 11.7 Å². The van der Waals surface area contributed by atoms with Gasteiger partial charge >= 0.3 is 0 Å². The highest BCUT2D eigenvalue weighted by Gasteiger charge is 2.10. The third-order valence-electron chi connectivity index (χ3n) is 4.01. The van der Waals surface area contributed by atoms with Crippen LogP contribution in [0.4, 0.5) is 0 Å². The maximum atomic E-state index is 12.0. The van der Waals surface area contributed by atoms with Gasteiger partial charge in [0.25, 0.3) is 5.91 Å². The zero-order chi connectivity index (χ0) is 23.1. The number of amides is 1. The van der Waals surface area contributed by atoms with Crippen LogP contribution in [0.1, 0.15) is 22.5 Å². The molecular weight excluding hydrogens is 535 g/mol. The molecule has 0 bridgehead atoms. The Balaban J connectivity index is 1.53. The number of nitrogens with one attached hydrogen (secondary N) is 1. The fourth-order valence-corrected chi connectivity index (χ4v) is 4.48. The highest BCUT2D eigenvalue weighted by atomic mass is 79.9. The molecule has 1 heterocycles. The molecule has 1 aromatic heterocycles. The Bertz CT molecular complexity index is 1100. The van der Waals surface area contributed by atoms with E-state index in [0.717, 1.165) is 17.0 Å². The lowest BCUT2D eigenvalue weighted by molar-refractivity contribution is -0.118. The maximum absolute atomic E-state index is 12.0. The van der Waals surface area contributed by atoms with E-state index in [0.29, 0.717) is 37.6 Å². The first-order chi connectivity index (χ1) is 15.3. The quantitative estimate of drug-likeness (QED) is 0.160. The Morgan fingerprint density at radius 3 is 2.50 bits per heavy atom. The first-order valence-electron chi connectivity index (χ1n) is 9.43. The van der Waals surface area contributed by atoms with Gasteiger partial charge in [0, 0.05) is 16.4 Å². The highest BCUT2D eigenvalue weighted by Crippen LogP contribution is 2.34. The van der Waals surface area contributed by atoms with Crippen molar-refractivity contribution in [3.05, 3.63) is 79.5 Å². The van der Waals surface area contributed by atoms with Gasteiger partial charge in [-0.05, 0) is 71.2 Å². The zero-order valence-electron chi connectivity index (χ0n) is 17.2. The average molecular weight is 554 g/mol. The van der Waals surface area contributed by atoms with E-state index in [1.54, 1.807) is 24.3 Å². The van der Waals surface area contributed by atoms with Gasteiger partial charge in [0.1, 0.15) is 6.61 Å². The summed E-state index contributed by atoms with van der Waals surface area (Å²) in [7, 11) is 0. The normalized spacial score (nSPS) is 11.0. The monoisotopic (exact) mass is 552 g/mol. The van der Waals surface area contributed by atoms with Gasteiger partial charge in [-0.3, -0.25) is 4.79 Å². The number of hydrogen-bond acceptors (Lipinski definition) is 6. The SMILES string of the molecule is Cc1cc(C)nc(SCC(=O)N/N=C\c2cc(Cl)c(OCc3ccc(Cl)cc3)c(Br)c2)n1. The van der Waals surface area contributed by atoms with Gasteiger partial charge in [-0.15, -0.1) is 0 Å². The molecule has 1 amide bonds. The molecule has 1 N–H and O–H groups in total. The van der Waals surface area contributed by atoms with Crippen LogP contribution in [0.25, 0.3) is 0 Å². The maximum Gasteiger partial charge on any atom is 0.250 e. The van der Waals surface area contributed by atoms with Gasteiger partial charge in [-0.1, -0.05) is 47.1 Å². The van der Waals surface area contributed by atoms with Crippen LogP contribution < -0.4 is 10.2 Å². The van der Waals surface area contributed by atoms with Gasteiger partial charge in [0.15, 0.2) is 10.9 Å². The summed E-state index contributed by atoms with van der Waals surface area (Å²) in [5.41, 5.74) is 5.88. The molecule has 0 unspecified atom stereocenters. The number of carbonyl (C=O) groups is 1. The molecule has 10 heteroatoms. The molecule has 3 aromatic rings. The van der Waals surface area contributed by atoms with Crippen LogP contribution in [0, 0.1) is 13.8 Å². The Labute approximate surface area is 208 Å². The predicted molar refractivity (Wildman–Crippen MR) is 133 cm³/mol. The van der Waals surface area contributed by atoms with Crippen molar-refractivity contribution in [2.45, 2.75) is 25.6 Å². The average Bonchev–Trinajstić information content (AvgIpc) is 2.72. The van der Waals surface area contributed by atoms with Gasteiger partial charge in [-0.2, -0.15) is 5.10 Å². The van der Waals surface area contributed by atoms with E-state index in [2.05, 4.69) is 36.4 Å². The number of ether oxygens (including phenoxy) is 1. The number of aromatic nitrogens is 2. The minimum atomic E-state index is -0.262. The van der Waals surface area contributed by atoms with Gasteiger partial charge in [0.05, 0.1) is 21.5 Å². The molecule has 0 aliphatic heterocycles. The molecule has 0 aliphatic carbocycles. The highest BCUT2D eigenvalue weighted by molar-refractivity contribution is 9.10. The third-order valence-corrected chi connectivity index (χ3v) is 5.98. The van der Waals surface area contributed by atoms with E-state index in [1.165, 1.54) is 18.0 Å². The summed E-state index contributed by atoms with van der Waals surface area (Å²) >= 11 is 17.0. The lowest BCUT2D eigenvalue weighted by Gasteiger charge is -2.11. The summed E-state index contributed by atoms with van der Waals surface area (Å²) in [6.07, 6.45) is 1.51. The number of aryl methyl sites for hydroxylation is 2. The van der Waals surface area contributed by atoms with Crippen molar-refractivity contribution in [2.24, 2.45) is 5.10 Å². The van der Waals surface area contributed by atoms with E-state index in [9.17, 15) is 4.79 Å². The topological polar surface area (TPSA) is 76.5 Å². The first kappa shape index (κ1) is 24.5. The largest absolute Gasteiger partial charge is 0.486 e. The molecule has 6 nitrogen and oxygen atoms in total. The predicted octanol–water partition coefficient (Wildman–Crippen LogP) is 5.98. The summed E-state index contributed by atoms with van der Waals surface area (Å²) in [5.74, 6) is 0.414. The molecule has 2 aromatic carbocycles. The number of carbonyl (C=O) groups excluding carboxylic acids is 1. The third kappa shape index (κ3) is 7.48. The molecule has 0 saturated heterocycles. The van der Waals surface area contributed by atoms with Crippen LogP contribution in [0.2, 0.25) is 10.0 Å². The van der Waals surface area contributed by atoms with Gasteiger partial charge in [0.2, 0.25) is 0 Å². The van der Waals surface area contributed by atoms with Crippen molar-refractivity contribution >= 4 is 63.0 Å². The van der Waals surface area contributed by atoms with Crippen molar-refractivity contribution in [1.29, 1.82) is 0 Å². The standard InChI is InChI=1S/C22H19BrCl2N4O2S/c1-13-7-14(2)28-22(27-13)32-12-20(30)29-26-10-16-8-18(23)21(19(25)9-16)31-11-15-3-5-17(24)6-4-15/h3-10H,11-12H2,1-2H3,(H,29,30)/b26-10-. The van der Waals surface area contributed by atoms with E-state index >= 15 is 0 Å². The van der Waals surface area contributed by atoms with Crippen LogP contribution in [-0.2, 0) is 11.4 Å². The molecule has 0 atom stereocenters. The number of nitrogens with zero attached hydrogens (tertiary/aromatic N) is 3. The lowest BCUT2D eigenvalue weighted by atomic mass is 10.2. The minimum Gasteiger partial charge on any atom is -0.486 e. The van der Waals surface area contributed by atoms with Gasteiger partial charge in [-0.25, -0.2) is 15.4 Å². The van der Waals surface area contributed by atoms with Crippen molar-refractivity contribution < 1.29 is 9.53 Å². The number of hydrazone groups is 1. The molecule has 0 fully saturated rings. The fourth-order valence-electron chi connectivity index (χ4n) is 2.63. The van der Waals surface area contributed by atoms with Crippen molar-refractivity contribution in [1.82, 2.24) is 15.4 Å². The molecule has 0 radical (unpaired) electrons. The van der Waals surface area contributed by atoms with Crippen LogP contribution in [0.15, 0.2) is 57.2 Å².